The van der Waals surface area contributed by atoms with Crippen molar-refractivity contribution in [3.8, 4) is 0 Å². The number of nitrogens with one attached hydrogen (secondary N) is 1. The summed E-state index contributed by atoms with van der Waals surface area (Å²) in [7, 11) is 1.59. The summed E-state index contributed by atoms with van der Waals surface area (Å²) in [5, 5.41) is 2.87. The summed E-state index contributed by atoms with van der Waals surface area (Å²) in [6.45, 7) is 2.30. The first-order valence-corrected chi connectivity index (χ1v) is 4.85. The predicted molar refractivity (Wildman–Crippen MR) is 52.7 cm³/mol. The largest absolute Gasteiger partial charge is 0.359 e. The van der Waals surface area contributed by atoms with E-state index >= 15 is 0 Å². The molecule has 1 N–H and O–H groups in total. The van der Waals surface area contributed by atoms with Gasteiger partial charge in [-0.05, 0) is 18.9 Å². The van der Waals surface area contributed by atoms with E-state index in [0.717, 1.165) is 12.8 Å². The second-order valence-corrected chi connectivity index (χ2v) is 3.27. The molecule has 0 aromatic carbocycles. The van der Waals surface area contributed by atoms with Crippen molar-refractivity contribution in [1.82, 2.24) is 5.32 Å². The lowest BCUT2D eigenvalue weighted by Gasteiger charge is -2.27. The molecule has 1 amide bonds. The summed E-state index contributed by atoms with van der Waals surface area (Å²) in [5.41, 5.74) is 0. The molecule has 0 aromatic heterocycles. The van der Waals surface area contributed by atoms with Gasteiger partial charge in [0.15, 0.2) is 0 Å². The first-order valence-electron chi connectivity index (χ1n) is 4.85. The third-order valence-electron chi connectivity index (χ3n) is 2.24. The van der Waals surface area contributed by atoms with Gasteiger partial charge in [-0.15, -0.1) is 0 Å². The van der Waals surface area contributed by atoms with Crippen molar-refractivity contribution in [3.05, 3.63) is 12.2 Å². The van der Waals surface area contributed by atoms with Crippen LogP contribution in [0.1, 0.15) is 19.8 Å². The standard InChI is InChI=1S/C10H17NO3/c1-3-9(14-7-13-2)8-5-4-6-10(12)11-8/h4,6,8-9H,3,5,7H2,1-2H3,(H,11,12)/t8-,9+/m0/s1. The summed E-state index contributed by atoms with van der Waals surface area (Å²) in [6, 6.07) is 0.0765. The van der Waals surface area contributed by atoms with Crippen LogP contribution >= 0.6 is 0 Å². The number of ether oxygens (including phenoxy) is 2. The Labute approximate surface area is 84.3 Å². The van der Waals surface area contributed by atoms with Crippen molar-refractivity contribution >= 4 is 5.91 Å². The lowest BCUT2D eigenvalue weighted by molar-refractivity contribution is -0.121. The van der Waals surface area contributed by atoms with Gasteiger partial charge in [0, 0.05) is 7.11 Å². The molecule has 1 rings (SSSR count). The maximum Gasteiger partial charge on any atom is 0.243 e. The highest BCUT2D eigenvalue weighted by Crippen LogP contribution is 2.11. The van der Waals surface area contributed by atoms with Gasteiger partial charge in [0.1, 0.15) is 6.79 Å². The first-order chi connectivity index (χ1) is 6.77. The molecule has 1 aliphatic rings. The number of hydrogen-bond donors (Lipinski definition) is 1. The summed E-state index contributed by atoms with van der Waals surface area (Å²) < 4.78 is 10.3. The minimum absolute atomic E-state index is 0.0313. The maximum atomic E-state index is 11.1. The molecule has 0 fully saturated rings. The average molecular weight is 199 g/mol. The van der Waals surface area contributed by atoms with Crippen LogP contribution in [-0.2, 0) is 14.3 Å². The van der Waals surface area contributed by atoms with Crippen molar-refractivity contribution in [3.63, 3.8) is 0 Å². The highest BCUT2D eigenvalue weighted by Gasteiger charge is 2.23. The molecular formula is C10H17NO3. The van der Waals surface area contributed by atoms with Crippen LogP contribution in [0.5, 0.6) is 0 Å². The zero-order valence-electron chi connectivity index (χ0n) is 8.66. The third kappa shape index (κ3) is 3.12. The summed E-state index contributed by atoms with van der Waals surface area (Å²) in [5.74, 6) is -0.0410. The number of amides is 1. The number of hydrogen-bond acceptors (Lipinski definition) is 3. The van der Waals surface area contributed by atoms with Crippen molar-refractivity contribution < 1.29 is 14.3 Å². The van der Waals surface area contributed by atoms with E-state index in [1.165, 1.54) is 0 Å². The van der Waals surface area contributed by atoms with E-state index in [1.54, 1.807) is 13.2 Å². The normalized spacial score (nSPS) is 23.3. The number of carbonyl (C=O) groups excluding carboxylic acids is 1. The van der Waals surface area contributed by atoms with E-state index in [4.69, 9.17) is 9.47 Å². The van der Waals surface area contributed by atoms with Gasteiger partial charge >= 0.3 is 0 Å². The molecule has 1 aliphatic heterocycles. The Morgan fingerprint density at radius 1 is 1.71 bits per heavy atom. The van der Waals surface area contributed by atoms with Gasteiger partial charge < -0.3 is 14.8 Å². The molecule has 80 valence electrons. The maximum absolute atomic E-state index is 11.1. The Kier molecular flexibility index (Phi) is 4.62. The van der Waals surface area contributed by atoms with Crippen molar-refractivity contribution in [1.29, 1.82) is 0 Å². The molecule has 0 saturated heterocycles. The lowest BCUT2D eigenvalue weighted by atomic mass is 10.0. The molecule has 4 heteroatoms. The number of methoxy groups -OCH3 is 1. The van der Waals surface area contributed by atoms with Crippen molar-refractivity contribution in [2.75, 3.05) is 13.9 Å². The Morgan fingerprint density at radius 3 is 3.07 bits per heavy atom. The van der Waals surface area contributed by atoms with E-state index in [2.05, 4.69) is 5.32 Å². The van der Waals surface area contributed by atoms with E-state index < -0.39 is 0 Å². The minimum atomic E-state index is -0.0410. The summed E-state index contributed by atoms with van der Waals surface area (Å²) >= 11 is 0. The van der Waals surface area contributed by atoms with Gasteiger partial charge in [-0.2, -0.15) is 0 Å². The monoisotopic (exact) mass is 199 g/mol. The Hall–Kier alpha value is -0.870. The third-order valence-corrected chi connectivity index (χ3v) is 2.24. The van der Waals surface area contributed by atoms with Crippen LogP contribution in [0.25, 0.3) is 0 Å². The van der Waals surface area contributed by atoms with Crippen LogP contribution in [0.3, 0.4) is 0 Å². The molecule has 0 bridgehead atoms. The fourth-order valence-corrected chi connectivity index (χ4v) is 1.53. The minimum Gasteiger partial charge on any atom is -0.359 e. The lowest BCUT2D eigenvalue weighted by Crippen LogP contribution is -2.45. The fraction of sp³-hybridized carbons (Fsp3) is 0.700. The molecular weight excluding hydrogens is 182 g/mol. The molecule has 1 heterocycles. The van der Waals surface area contributed by atoms with E-state index in [9.17, 15) is 4.79 Å². The summed E-state index contributed by atoms with van der Waals surface area (Å²) in [4.78, 5) is 11.1. The van der Waals surface area contributed by atoms with Gasteiger partial charge in [0.05, 0.1) is 12.1 Å². The molecule has 0 aliphatic carbocycles. The topological polar surface area (TPSA) is 47.6 Å². The van der Waals surface area contributed by atoms with E-state index in [1.807, 2.05) is 13.0 Å². The molecule has 4 nitrogen and oxygen atoms in total. The molecule has 2 atom stereocenters. The molecule has 14 heavy (non-hydrogen) atoms. The van der Waals surface area contributed by atoms with E-state index in [-0.39, 0.29) is 24.8 Å². The fourth-order valence-electron chi connectivity index (χ4n) is 1.53. The average Bonchev–Trinajstić information content (AvgIpc) is 2.19. The summed E-state index contributed by atoms with van der Waals surface area (Å²) in [6.07, 6.45) is 5.15. The zero-order valence-corrected chi connectivity index (χ0v) is 8.66. The molecule has 0 saturated carbocycles. The highest BCUT2D eigenvalue weighted by atomic mass is 16.7. The quantitative estimate of drug-likeness (QED) is 0.667. The van der Waals surface area contributed by atoms with Gasteiger partial charge in [-0.1, -0.05) is 13.0 Å². The SMILES string of the molecule is CC[C@@H](OCOC)[C@@H]1CC=CC(=O)N1. The Morgan fingerprint density at radius 2 is 2.50 bits per heavy atom. The molecule has 0 spiro atoms. The zero-order chi connectivity index (χ0) is 10.4. The van der Waals surface area contributed by atoms with Gasteiger partial charge in [-0.25, -0.2) is 0 Å². The highest BCUT2D eigenvalue weighted by molar-refractivity contribution is 5.88. The van der Waals surface area contributed by atoms with Crippen LogP contribution in [0.2, 0.25) is 0 Å². The first kappa shape index (κ1) is 11.2. The van der Waals surface area contributed by atoms with Gasteiger partial charge in [0.25, 0.3) is 0 Å². The van der Waals surface area contributed by atoms with Crippen molar-refractivity contribution in [2.24, 2.45) is 0 Å². The smallest absolute Gasteiger partial charge is 0.243 e. The molecule has 0 unspecified atom stereocenters. The molecule has 0 radical (unpaired) electrons. The Balaban J connectivity index is 2.43. The van der Waals surface area contributed by atoms with Crippen LogP contribution < -0.4 is 5.32 Å². The van der Waals surface area contributed by atoms with Gasteiger partial charge in [0.2, 0.25) is 5.91 Å². The van der Waals surface area contributed by atoms with Crippen LogP contribution in [-0.4, -0.2) is 32.0 Å². The number of rotatable bonds is 5. The second-order valence-electron chi connectivity index (χ2n) is 3.27. The Bertz CT molecular complexity index is 215. The van der Waals surface area contributed by atoms with Crippen molar-refractivity contribution in [2.45, 2.75) is 31.9 Å². The van der Waals surface area contributed by atoms with Gasteiger partial charge in [-0.3, -0.25) is 4.79 Å². The van der Waals surface area contributed by atoms with E-state index in [0.29, 0.717) is 0 Å². The molecule has 0 aromatic rings. The van der Waals surface area contributed by atoms with Crippen LogP contribution in [0.15, 0.2) is 12.2 Å². The number of carbonyl (C=O) groups is 1. The second kappa shape index (κ2) is 5.78. The predicted octanol–water partition coefficient (Wildman–Crippen LogP) is 0.830. The van der Waals surface area contributed by atoms with Crippen LogP contribution in [0, 0.1) is 0 Å². The van der Waals surface area contributed by atoms with Crippen LogP contribution in [0.4, 0.5) is 0 Å².